The molecule has 0 aromatic carbocycles. The van der Waals surface area contributed by atoms with E-state index in [0.717, 1.165) is 19.5 Å². The predicted molar refractivity (Wildman–Crippen MR) is 67.6 cm³/mol. The van der Waals surface area contributed by atoms with E-state index in [-0.39, 0.29) is 24.4 Å². The second-order valence-electron chi connectivity index (χ2n) is 5.23. The number of amides is 1. The highest BCUT2D eigenvalue weighted by molar-refractivity contribution is 5.85. The Kier molecular flexibility index (Phi) is 4.62. The van der Waals surface area contributed by atoms with E-state index in [0.29, 0.717) is 5.41 Å². The molecule has 4 heteroatoms. The SMILES string of the molecule is CC[C@H](N)C(=O)N1CCC2(CCCC2)C1.Cl. The summed E-state index contributed by atoms with van der Waals surface area (Å²) in [5, 5.41) is 0. The van der Waals surface area contributed by atoms with E-state index in [1.165, 1.54) is 32.1 Å². The minimum absolute atomic E-state index is 0. The lowest BCUT2D eigenvalue weighted by atomic mass is 9.86. The van der Waals surface area contributed by atoms with Gasteiger partial charge in [-0.15, -0.1) is 12.4 Å². The zero-order chi connectivity index (χ0) is 10.9. The normalized spacial score (nSPS) is 24.5. The van der Waals surface area contributed by atoms with Crippen LogP contribution in [0.2, 0.25) is 0 Å². The lowest BCUT2D eigenvalue weighted by Crippen LogP contribution is -2.43. The Morgan fingerprint density at radius 1 is 1.38 bits per heavy atom. The van der Waals surface area contributed by atoms with Gasteiger partial charge in [-0.1, -0.05) is 19.8 Å². The summed E-state index contributed by atoms with van der Waals surface area (Å²) in [6.07, 6.45) is 7.29. The molecular weight excluding hydrogens is 224 g/mol. The molecule has 2 aliphatic rings. The third-order valence-electron chi connectivity index (χ3n) is 4.17. The van der Waals surface area contributed by atoms with Crippen LogP contribution in [0.5, 0.6) is 0 Å². The van der Waals surface area contributed by atoms with Crippen molar-refractivity contribution in [1.29, 1.82) is 0 Å². The third-order valence-corrected chi connectivity index (χ3v) is 4.17. The number of rotatable bonds is 2. The Balaban J connectivity index is 0.00000128. The van der Waals surface area contributed by atoms with Gasteiger partial charge < -0.3 is 10.6 Å². The quantitative estimate of drug-likeness (QED) is 0.810. The van der Waals surface area contributed by atoms with Crippen LogP contribution in [0.25, 0.3) is 0 Å². The Labute approximate surface area is 104 Å². The second-order valence-corrected chi connectivity index (χ2v) is 5.23. The number of nitrogens with zero attached hydrogens (tertiary/aromatic N) is 1. The molecule has 1 aliphatic heterocycles. The molecule has 0 aromatic heterocycles. The van der Waals surface area contributed by atoms with Gasteiger partial charge in [-0.05, 0) is 31.1 Å². The summed E-state index contributed by atoms with van der Waals surface area (Å²) < 4.78 is 0. The fourth-order valence-corrected chi connectivity index (χ4v) is 3.07. The van der Waals surface area contributed by atoms with E-state index in [2.05, 4.69) is 0 Å². The molecule has 1 aliphatic carbocycles. The molecule has 2 fully saturated rings. The van der Waals surface area contributed by atoms with Gasteiger partial charge in [0.15, 0.2) is 0 Å². The van der Waals surface area contributed by atoms with E-state index >= 15 is 0 Å². The topological polar surface area (TPSA) is 46.3 Å². The van der Waals surface area contributed by atoms with Gasteiger partial charge in [-0.25, -0.2) is 0 Å². The minimum atomic E-state index is -0.276. The molecule has 1 heterocycles. The van der Waals surface area contributed by atoms with E-state index in [1.807, 2.05) is 11.8 Å². The summed E-state index contributed by atoms with van der Waals surface area (Å²) >= 11 is 0. The summed E-state index contributed by atoms with van der Waals surface area (Å²) in [6, 6.07) is -0.276. The van der Waals surface area contributed by atoms with Gasteiger partial charge in [0, 0.05) is 13.1 Å². The van der Waals surface area contributed by atoms with E-state index < -0.39 is 0 Å². The minimum Gasteiger partial charge on any atom is -0.341 e. The summed E-state index contributed by atoms with van der Waals surface area (Å²) in [7, 11) is 0. The van der Waals surface area contributed by atoms with Crippen molar-refractivity contribution in [3.05, 3.63) is 0 Å². The first-order valence-electron chi connectivity index (χ1n) is 6.21. The predicted octanol–water partition coefficient (Wildman–Crippen LogP) is 1.94. The van der Waals surface area contributed by atoms with Crippen LogP contribution in [-0.4, -0.2) is 29.9 Å². The average molecular weight is 247 g/mol. The van der Waals surface area contributed by atoms with Gasteiger partial charge in [0.25, 0.3) is 0 Å². The summed E-state index contributed by atoms with van der Waals surface area (Å²) in [4.78, 5) is 13.9. The first-order chi connectivity index (χ1) is 7.17. The van der Waals surface area contributed by atoms with Gasteiger partial charge in [0.1, 0.15) is 0 Å². The van der Waals surface area contributed by atoms with Crippen LogP contribution in [0, 0.1) is 5.41 Å². The molecule has 2 N–H and O–H groups in total. The zero-order valence-corrected chi connectivity index (χ0v) is 10.9. The summed E-state index contributed by atoms with van der Waals surface area (Å²) in [5.41, 5.74) is 6.27. The molecule has 1 saturated heterocycles. The van der Waals surface area contributed by atoms with Crippen molar-refractivity contribution >= 4 is 18.3 Å². The number of carbonyl (C=O) groups is 1. The average Bonchev–Trinajstić information content (AvgIpc) is 2.88. The smallest absolute Gasteiger partial charge is 0.239 e. The largest absolute Gasteiger partial charge is 0.341 e. The van der Waals surface area contributed by atoms with Crippen LogP contribution in [-0.2, 0) is 4.79 Å². The highest BCUT2D eigenvalue weighted by Gasteiger charge is 2.42. The first-order valence-corrected chi connectivity index (χ1v) is 6.21. The summed E-state index contributed by atoms with van der Waals surface area (Å²) in [5.74, 6) is 0.168. The number of nitrogens with two attached hydrogens (primary N) is 1. The van der Waals surface area contributed by atoms with Crippen molar-refractivity contribution < 1.29 is 4.79 Å². The highest BCUT2D eigenvalue weighted by atomic mass is 35.5. The Bertz CT molecular complexity index is 251. The molecular formula is C12H23ClN2O. The second kappa shape index (κ2) is 5.37. The molecule has 94 valence electrons. The molecule has 0 unspecified atom stereocenters. The molecule has 0 radical (unpaired) electrons. The maximum atomic E-state index is 11.9. The summed E-state index contributed by atoms with van der Waals surface area (Å²) in [6.45, 7) is 3.88. The standard InChI is InChI=1S/C12H22N2O.ClH/c1-2-10(13)11(15)14-8-7-12(9-14)5-3-4-6-12;/h10H,2-9,13H2,1H3;1H/t10-;/m0./s1. The Morgan fingerprint density at radius 2 is 2.00 bits per heavy atom. The van der Waals surface area contributed by atoms with E-state index in [4.69, 9.17) is 5.73 Å². The van der Waals surface area contributed by atoms with Gasteiger partial charge in [0.05, 0.1) is 6.04 Å². The zero-order valence-electron chi connectivity index (χ0n) is 10.1. The van der Waals surface area contributed by atoms with Crippen molar-refractivity contribution in [2.75, 3.05) is 13.1 Å². The van der Waals surface area contributed by atoms with Gasteiger partial charge in [-0.2, -0.15) is 0 Å². The molecule has 16 heavy (non-hydrogen) atoms. The number of carbonyl (C=O) groups excluding carboxylic acids is 1. The lowest BCUT2D eigenvalue weighted by Gasteiger charge is -2.24. The fraction of sp³-hybridized carbons (Fsp3) is 0.917. The number of likely N-dealkylation sites (tertiary alicyclic amines) is 1. The molecule has 1 atom stereocenters. The highest BCUT2D eigenvalue weighted by Crippen LogP contribution is 2.45. The maximum Gasteiger partial charge on any atom is 0.239 e. The van der Waals surface area contributed by atoms with Crippen molar-refractivity contribution in [1.82, 2.24) is 4.90 Å². The van der Waals surface area contributed by atoms with Crippen LogP contribution >= 0.6 is 12.4 Å². The fourth-order valence-electron chi connectivity index (χ4n) is 3.07. The third kappa shape index (κ3) is 2.51. The molecule has 2 rings (SSSR count). The van der Waals surface area contributed by atoms with Gasteiger partial charge in [-0.3, -0.25) is 4.79 Å². The Hall–Kier alpha value is -0.280. The molecule has 0 bridgehead atoms. The molecule has 1 amide bonds. The van der Waals surface area contributed by atoms with Crippen LogP contribution < -0.4 is 5.73 Å². The Morgan fingerprint density at radius 3 is 2.56 bits per heavy atom. The first kappa shape index (κ1) is 13.8. The van der Waals surface area contributed by atoms with Gasteiger partial charge >= 0.3 is 0 Å². The van der Waals surface area contributed by atoms with Crippen LogP contribution in [0.1, 0.15) is 45.4 Å². The van der Waals surface area contributed by atoms with Crippen LogP contribution in [0.4, 0.5) is 0 Å². The maximum absolute atomic E-state index is 11.9. The molecule has 3 nitrogen and oxygen atoms in total. The number of halogens is 1. The van der Waals surface area contributed by atoms with Crippen LogP contribution in [0.15, 0.2) is 0 Å². The van der Waals surface area contributed by atoms with Gasteiger partial charge in [0.2, 0.25) is 5.91 Å². The van der Waals surface area contributed by atoms with Crippen molar-refractivity contribution in [3.8, 4) is 0 Å². The number of hydrogen-bond donors (Lipinski definition) is 1. The van der Waals surface area contributed by atoms with Crippen LogP contribution in [0.3, 0.4) is 0 Å². The number of hydrogen-bond acceptors (Lipinski definition) is 2. The molecule has 1 saturated carbocycles. The van der Waals surface area contributed by atoms with E-state index in [1.54, 1.807) is 0 Å². The molecule has 1 spiro atoms. The van der Waals surface area contributed by atoms with E-state index in [9.17, 15) is 4.79 Å². The monoisotopic (exact) mass is 246 g/mol. The lowest BCUT2D eigenvalue weighted by molar-refractivity contribution is -0.132. The van der Waals surface area contributed by atoms with Crippen molar-refractivity contribution in [2.24, 2.45) is 11.1 Å². The molecule has 0 aromatic rings. The van der Waals surface area contributed by atoms with Crippen molar-refractivity contribution in [2.45, 2.75) is 51.5 Å². The van der Waals surface area contributed by atoms with Crippen molar-refractivity contribution in [3.63, 3.8) is 0 Å².